The van der Waals surface area contributed by atoms with Gasteiger partial charge in [0.25, 0.3) is 10.0 Å². The Balaban J connectivity index is 3.40. The van der Waals surface area contributed by atoms with Gasteiger partial charge in [0.2, 0.25) is 0 Å². The summed E-state index contributed by atoms with van der Waals surface area (Å²) in [7, 11) is -3.76. The minimum Gasteiger partial charge on any atom is -0.257 e. The lowest BCUT2D eigenvalue weighted by molar-refractivity contribution is 0.577. The number of hydrogen-bond acceptors (Lipinski definition) is 3. The minimum atomic E-state index is -3.76. The highest BCUT2D eigenvalue weighted by Gasteiger charge is 2.16. The van der Waals surface area contributed by atoms with Crippen LogP contribution in [0.5, 0.6) is 0 Å². The van der Waals surface area contributed by atoms with Crippen molar-refractivity contribution in [3.8, 4) is 0 Å². The first-order valence-electron chi connectivity index (χ1n) is 3.46. The molecule has 0 saturated heterocycles. The van der Waals surface area contributed by atoms with Crippen molar-refractivity contribution < 1.29 is 12.8 Å². The minimum absolute atomic E-state index is 0.0560. The largest absolute Gasteiger partial charge is 0.257 e. The van der Waals surface area contributed by atoms with E-state index in [2.05, 4.69) is 0 Å². The molecule has 0 saturated carbocycles. The molecule has 0 radical (unpaired) electrons. The van der Waals surface area contributed by atoms with Gasteiger partial charge in [0.15, 0.2) is 0 Å². The molecule has 6 heteroatoms. The van der Waals surface area contributed by atoms with Crippen molar-refractivity contribution >= 4 is 10.0 Å². The first-order chi connectivity index (χ1) is 5.99. The van der Waals surface area contributed by atoms with E-state index in [0.29, 0.717) is 0 Å². The highest BCUT2D eigenvalue weighted by molar-refractivity contribution is 7.89. The third-order valence-electron chi connectivity index (χ3n) is 1.66. The summed E-state index contributed by atoms with van der Waals surface area (Å²) in [6.07, 6.45) is 0. The van der Waals surface area contributed by atoms with Crippen molar-refractivity contribution in [2.24, 2.45) is 5.84 Å². The Hall–Kier alpha value is -0.980. The van der Waals surface area contributed by atoms with Gasteiger partial charge in [0.05, 0.1) is 4.90 Å². The van der Waals surface area contributed by atoms with Gasteiger partial charge in [0.1, 0.15) is 5.82 Å². The van der Waals surface area contributed by atoms with Gasteiger partial charge >= 0.3 is 0 Å². The van der Waals surface area contributed by atoms with Gasteiger partial charge in [-0.3, -0.25) is 5.84 Å². The molecule has 0 atom stereocenters. The molecule has 13 heavy (non-hydrogen) atoms. The van der Waals surface area contributed by atoms with Crippen molar-refractivity contribution in [2.45, 2.75) is 11.8 Å². The molecule has 0 fully saturated rings. The number of nitrogens with two attached hydrogens (primary N) is 1. The summed E-state index contributed by atoms with van der Waals surface area (Å²) in [5.41, 5.74) is 0.0560. The molecular formula is C7H9FN2O2S. The van der Waals surface area contributed by atoms with E-state index in [-0.39, 0.29) is 10.5 Å². The molecule has 0 heterocycles. The third-order valence-corrected chi connectivity index (χ3v) is 2.99. The van der Waals surface area contributed by atoms with Crippen LogP contribution in [0.2, 0.25) is 0 Å². The molecule has 72 valence electrons. The van der Waals surface area contributed by atoms with E-state index in [1.54, 1.807) is 4.83 Å². The molecule has 0 bridgehead atoms. The number of hydrazine groups is 1. The summed E-state index contributed by atoms with van der Waals surface area (Å²) < 4.78 is 35.3. The lowest BCUT2D eigenvalue weighted by atomic mass is 10.2. The van der Waals surface area contributed by atoms with E-state index in [1.807, 2.05) is 0 Å². The van der Waals surface area contributed by atoms with E-state index in [1.165, 1.54) is 25.1 Å². The van der Waals surface area contributed by atoms with Crippen molar-refractivity contribution in [1.29, 1.82) is 0 Å². The van der Waals surface area contributed by atoms with Crippen LogP contribution in [0.4, 0.5) is 4.39 Å². The van der Waals surface area contributed by atoms with Gasteiger partial charge in [0, 0.05) is 5.56 Å². The van der Waals surface area contributed by atoms with E-state index in [9.17, 15) is 12.8 Å². The second-order valence-corrected chi connectivity index (χ2v) is 4.17. The summed E-state index contributed by atoms with van der Waals surface area (Å²) >= 11 is 0. The lowest BCUT2D eigenvalue weighted by Crippen LogP contribution is -2.30. The Morgan fingerprint density at radius 2 is 2.08 bits per heavy atom. The fourth-order valence-electron chi connectivity index (χ4n) is 0.942. The Morgan fingerprint density at radius 3 is 2.62 bits per heavy atom. The first-order valence-corrected chi connectivity index (χ1v) is 4.95. The summed E-state index contributed by atoms with van der Waals surface area (Å²) in [5, 5.41) is 0. The Morgan fingerprint density at radius 1 is 1.46 bits per heavy atom. The number of benzene rings is 1. The third kappa shape index (κ3) is 1.85. The predicted octanol–water partition coefficient (Wildman–Crippen LogP) is 0.286. The van der Waals surface area contributed by atoms with E-state index < -0.39 is 15.8 Å². The molecule has 0 aliphatic heterocycles. The second-order valence-electron chi connectivity index (χ2n) is 2.48. The standard InChI is InChI=1S/C7H9FN2O2S/c1-5-6(8)3-2-4-7(5)13(11,12)10-9/h2-4,10H,9H2,1H3. The molecule has 0 aliphatic carbocycles. The molecule has 0 amide bonds. The molecular weight excluding hydrogens is 195 g/mol. The maximum absolute atomic E-state index is 12.9. The molecule has 0 spiro atoms. The normalized spacial score (nSPS) is 11.6. The molecule has 3 N–H and O–H groups in total. The number of hydrogen-bond donors (Lipinski definition) is 2. The van der Waals surface area contributed by atoms with Gasteiger partial charge < -0.3 is 0 Å². The van der Waals surface area contributed by atoms with Gasteiger partial charge in [-0.05, 0) is 19.1 Å². The average Bonchev–Trinajstić information content (AvgIpc) is 2.09. The zero-order valence-corrected chi connectivity index (χ0v) is 7.73. The fourth-order valence-corrected chi connectivity index (χ4v) is 1.83. The second kappa shape index (κ2) is 3.41. The smallest absolute Gasteiger partial charge is 0.253 e. The maximum atomic E-state index is 12.9. The molecule has 4 nitrogen and oxygen atoms in total. The van der Waals surface area contributed by atoms with Gasteiger partial charge in [-0.2, -0.15) is 4.83 Å². The zero-order chi connectivity index (χ0) is 10.1. The molecule has 0 aliphatic rings. The van der Waals surface area contributed by atoms with Crippen LogP contribution < -0.4 is 10.7 Å². The van der Waals surface area contributed by atoms with Crippen LogP contribution in [-0.4, -0.2) is 8.42 Å². The topological polar surface area (TPSA) is 72.2 Å². The SMILES string of the molecule is Cc1c(F)cccc1S(=O)(=O)NN. The van der Waals surface area contributed by atoms with Crippen LogP contribution in [0.15, 0.2) is 23.1 Å². The van der Waals surface area contributed by atoms with Crippen LogP contribution >= 0.6 is 0 Å². The zero-order valence-electron chi connectivity index (χ0n) is 6.91. The monoisotopic (exact) mass is 204 g/mol. The summed E-state index contributed by atoms with van der Waals surface area (Å²) in [6, 6.07) is 3.78. The van der Waals surface area contributed by atoms with Gasteiger partial charge in [-0.25, -0.2) is 12.8 Å². The van der Waals surface area contributed by atoms with Crippen LogP contribution in [0.3, 0.4) is 0 Å². The number of rotatable bonds is 2. The van der Waals surface area contributed by atoms with E-state index in [0.717, 1.165) is 0 Å². The van der Waals surface area contributed by atoms with Gasteiger partial charge in [-0.1, -0.05) is 6.07 Å². The van der Waals surface area contributed by atoms with Crippen LogP contribution in [0, 0.1) is 12.7 Å². The van der Waals surface area contributed by atoms with Crippen LogP contribution in [-0.2, 0) is 10.0 Å². The number of sulfonamides is 1. The lowest BCUT2D eigenvalue weighted by Gasteiger charge is -2.05. The molecule has 0 unspecified atom stereocenters. The van der Waals surface area contributed by atoms with Crippen molar-refractivity contribution in [1.82, 2.24) is 4.83 Å². The molecule has 1 aromatic carbocycles. The van der Waals surface area contributed by atoms with Crippen molar-refractivity contribution in [2.75, 3.05) is 0 Å². The van der Waals surface area contributed by atoms with E-state index >= 15 is 0 Å². The predicted molar refractivity (Wildman–Crippen MR) is 45.6 cm³/mol. The Labute approximate surface area is 75.6 Å². The Kier molecular flexibility index (Phi) is 2.65. The summed E-state index contributed by atoms with van der Waals surface area (Å²) in [5.74, 6) is 4.22. The molecule has 1 rings (SSSR count). The van der Waals surface area contributed by atoms with Crippen molar-refractivity contribution in [3.05, 3.63) is 29.6 Å². The fraction of sp³-hybridized carbons (Fsp3) is 0.143. The highest BCUT2D eigenvalue weighted by atomic mass is 32.2. The van der Waals surface area contributed by atoms with Crippen LogP contribution in [0.1, 0.15) is 5.56 Å². The summed E-state index contributed by atoms with van der Waals surface area (Å²) in [4.78, 5) is 1.49. The number of nitrogens with one attached hydrogen (secondary N) is 1. The maximum Gasteiger partial charge on any atom is 0.253 e. The highest BCUT2D eigenvalue weighted by Crippen LogP contribution is 2.16. The number of halogens is 1. The quantitative estimate of drug-likeness (QED) is 0.537. The summed E-state index contributed by atoms with van der Waals surface area (Å²) in [6.45, 7) is 1.37. The molecule has 1 aromatic rings. The Bertz CT molecular complexity index is 417. The van der Waals surface area contributed by atoms with Crippen LogP contribution in [0.25, 0.3) is 0 Å². The van der Waals surface area contributed by atoms with E-state index in [4.69, 9.17) is 5.84 Å². The average molecular weight is 204 g/mol. The first kappa shape index (κ1) is 10.1. The van der Waals surface area contributed by atoms with Gasteiger partial charge in [-0.15, -0.1) is 0 Å². The molecule has 0 aromatic heterocycles. The van der Waals surface area contributed by atoms with Crippen molar-refractivity contribution in [3.63, 3.8) is 0 Å².